The topological polar surface area (TPSA) is 250 Å². The van der Waals surface area contributed by atoms with Crippen LogP contribution in [0.1, 0.15) is 13.2 Å². The van der Waals surface area contributed by atoms with Gasteiger partial charge in [-0.05, 0) is 13.0 Å². The molecule has 3 unspecified atom stereocenters. The minimum atomic E-state index is -5.80. The van der Waals surface area contributed by atoms with Crippen LogP contribution in [0.5, 0.6) is 0 Å². The maximum Gasteiger partial charge on any atom is 0.490 e. The van der Waals surface area contributed by atoms with Gasteiger partial charge in [0.05, 0.1) is 6.10 Å². The lowest BCUT2D eigenvalue weighted by Gasteiger charge is -2.28. The van der Waals surface area contributed by atoms with Gasteiger partial charge in [0.2, 0.25) is 0 Å². The van der Waals surface area contributed by atoms with Crippen molar-refractivity contribution in [1.82, 2.24) is 9.55 Å². The number of phosphoric acid groups is 3. The first-order valence-corrected chi connectivity index (χ1v) is 13.1. The second-order valence-corrected chi connectivity index (χ2v) is 11.5. The Morgan fingerprint density at radius 3 is 2.41 bits per heavy atom. The van der Waals surface area contributed by atoms with Gasteiger partial charge >= 0.3 is 29.2 Å². The molecule has 1 aliphatic rings. The first kappa shape index (κ1) is 27.5. The van der Waals surface area contributed by atoms with Gasteiger partial charge in [0.1, 0.15) is 29.6 Å². The van der Waals surface area contributed by atoms with E-state index in [9.17, 15) is 37.8 Å². The molecule has 16 nitrogen and oxygen atoms in total. The largest absolute Gasteiger partial charge is 0.490 e. The summed E-state index contributed by atoms with van der Waals surface area (Å²) in [7, 11) is -17.0. The maximum absolute atomic E-state index is 13.8. The summed E-state index contributed by atoms with van der Waals surface area (Å²) < 4.78 is 65.6. The Labute approximate surface area is 183 Å². The van der Waals surface area contributed by atoms with Gasteiger partial charge in [0.25, 0.3) is 0 Å². The number of nitrogen functional groups attached to an aromatic ring is 1. The molecule has 0 radical (unpaired) electrons. The normalized spacial score (nSPS) is 31.1. The van der Waals surface area contributed by atoms with Crippen LogP contribution in [-0.4, -0.2) is 64.1 Å². The Kier molecular flexibility index (Phi) is 8.13. The minimum Gasteiger partial charge on any atom is -0.388 e. The van der Waals surface area contributed by atoms with Crippen molar-refractivity contribution in [3.05, 3.63) is 22.7 Å². The van der Waals surface area contributed by atoms with Gasteiger partial charge in [-0.1, -0.05) is 0 Å². The Morgan fingerprint density at radius 2 is 1.91 bits per heavy atom. The summed E-state index contributed by atoms with van der Waals surface area (Å²) in [5.74, 6) is -0.178. The molecule has 2 rings (SSSR count). The molecular formula is C11H18ClFN3O13P3. The fourth-order valence-corrected chi connectivity index (χ4v) is 6.22. The van der Waals surface area contributed by atoms with E-state index in [4.69, 9.17) is 31.9 Å². The number of aliphatic hydroxyl groups excluding tert-OH is 1. The van der Waals surface area contributed by atoms with Crippen molar-refractivity contribution in [2.75, 3.05) is 12.4 Å². The van der Waals surface area contributed by atoms with Gasteiger partial charge in [0, 0.05) is 6.20 Å². The second kappa shape index (κ2) is 9.47. The summed E-state index contributed by atoms with van der Waals surface area (Å²) >= 11 is 6.13. The van der Waals surface area contributed by atoms with E-state index in [0.717, 1.165) is 19.2 Å². The molecular weight excluding hydrogens is 530 g/mol. The Hall–Kier alpha value is -0.770. The summed E-state index contributed by atoms with van der Waals surface area (Å²) in [5.41, 5.74) is 4.34. The third-order valence-electron chi connectivity index (χ3n) is 3.99. The molecule has 1 saturated heterocycles. The van der Waals surface area contributed by atoms with E-state index < -0.39 is 65.2 Å². The highest BCUT2D eigenvalue weighted by Gasteiger charge is 2.59. The van der Waals surface area contributed by atoms with E-state index in [-0.39, 0.29) is 5.82 Å². The van der Waals surface area contributed by atoms with Crippen LogP contribution in [0.4, 0.5) is 10.2 Å². The zero-order valence-corrected chi connectivity index (χ0v) is 19.2. The number of alkyl halides is 2. The molecule has 0 aromatic carbocycles. The van der Waals surface area contributed by atoms with Crippen LogP contribution >= 0.6 is 35.1 Å². The summed E-state index contributed by atoms with van der Waals surface area (Å²) in [6.07, 6.45) is -6.09. The van der Waals surface area contributed by atoms with Crippen molar-refractivity contribution < 1.29 is 60.6 Å². The number of aromatic nitrogens is 2. The third kappa shape index (κ3) is 6.42. The highest BCUT2D eigenvalue weighted by molar-refractivity contribution is 7.66. The van der Waals surface area contributed by atoms with Gasteiger partial charge in [-0.2, -0.15) is 13.6 Å². The fraction of sp³-hybridized carbons (Fsp3) is 0.636. The van der Waals surface area contributed by atoms with E-state index in [1.54, 1.807) is 0 Å². The van der Waals surface area contributed by atoms with Gasteiger partial charge in [-0.25, -0.2) is 22.9 Å². The SMILES string of the molecule is C[C@H](OP(=O)(O)OP(=O)(O)OP(=O)(O)O)[C@H]1O[C@@H](n2ccc(N)nc2=O)[C@@](Cl)(CF)C1O. The van der Waals surface area contributed by atoms with Crippen LogP contribution < -0.4 is 11.4 Å². The second-order valence-electron chi connectivity index (χ2n) is 6.40. The molecule has 1 aliphatic heterocycles. The molecule has 21 heteroatoms. The number of hydrogen-bond acceptors (Lipinski definition) is 11. The van der Waals surface area contributed by atoms with E-state index >= 15 is 0 Å². The van der Waals surface area contributed by atoms with Crippen molar-refractivity contribution in [1.29, 1.82) is 0 Å². The highest BCUT2D eigenvalue weighted by atomic mass is 35.5. The monoisotopic (exact) mass is 547 g/mol. The molecule has 7 N–H and O–H groups in total. The van der Waals surface area contributed by atoms with Crippen LogP contribution in [0.2, 0.25) is 0 Å². The standard InChI is InChI=1S/C11H18ClFN3O13P3/c1-5(27-31(22,23)29-32(24,25)28-30(19,20)21)7-8(17)11(12,4-13)9(26-7)16-3-2-6(14)15-10(16)18/h2-3,5,7-9,17H,4H2,1H3,(H,22,23)(H,24,25)(H2,14,15,18)(H2,19,20,21)/t5-,7+,8?,9+,11+/m0/s1. The van der Waals surface area contributed by atoms with Crippen LogP contribution in [0, 0.1) is 0 Å². The summed E-state index contributed by atoms with van der Waals surface area (Å²) in [5, 5.41) is 10.5. The van der Waals surface area contributed by atoms with Crippen molar-refractivity contribution in [2.24, 2.45) is 0 Å². The van der Waals surface area contributed by atoms with Gasteiger partial charge in [0.15, 0.2) is 6.23 Å². The molecule has 1 aromatic rings. The van der Waals surface area contributed by atoms with Gasteiger partial charge in [-0.3, -0.25) is 9.09 Å². The maximum atomic E-state index is 13.8. The lowest BCUT2D eigenvalue weighted by Crippen LogP contribution is -2.47. The molecule has 0 amide bonds. The smallest absolute Gasteiger partial charge is 0.388 e. The Bertz CT molecular complexity index is 1050. The zero-order valence-electron chi connectivity index (χ0n) is 15.7. The number of anilines is 1. The van der Waals surface area contributed by atoms with Crippen molar-refractivity contribution in [3.8, 4) is 0 Å². The fourth-order valence-electron chi connectivity index (χ4n) is 2.74. The summed E-state index contributed by atoms with van der Waals surface area (Å²) in [6.45, 7) is -0.482. The first-order valence-electron chi connectivity index (χ1n) is 8.16. The third-order valence-corrected chi connectivity index (χ3v) is 8.42. The summed E-state index contributed by atoms with van der Waals surface area (Å²) in [4.78, 5) is 49.0. The van der Waals surface area contributed by atoms with E-state index in [1.807, 2.05) is 0 Å². The van der Waals surface area contributed by atoms with E-state index in [2.05, 4.69) is 18.1 Å². The number of phosphoric ester groups is 1. The number of halogens is 2. The zero-order chi connectivity index (χ0) is 24.7. The van der Waals surface area contributed by atoms with Crippen LogP contribution in [0.25, 0.3) is 0 Å². The number of ether oxygens (including phenoxy) is 1. The van der Waals surface area contributed by atoms with Crippen LogP contribution in [0.3, 0.4) is 0 Å². The average molecular weight is 548 g/mol. The summed E-state index contributed by atoms with van der Waals surface area (Å²) in [6, 6.07) is 1.15. The van der Waals surface area contributed by atoms with Crippen LogP contribution in [0.15, 0.2) is 17.1 Å². The number of nitrogens with two attached hydrogens (primary N) is 1. The quantitative estimate of drug-likeness (QED) is 0.172. The lowest BCUT2D eigenvalue weighted by atomic mass is 9.97. The predicted molar refractivity (Wildman–Crippen MR) is 102 cm³/mol. The molecule has 0 bridgehead atoms. The Morgan fingerprint density at radius 1 is 1.31 bits per heavy atom. The molecule has 0 aliphatic carbocycles. The molecule has 0 spiro atoms. The molecule has 32 heavy (non-hydrogen) atoms. The molecule has 1 fully saturated rings. The van der Waals surface area contributed by atoms with E-state index in [1.165, 1.54) is 0 Å². The number of rotatable bonds is 9. The average Bonchev–Trinajstić information content (AvgIpc) is 2.84. The molecule has 0 saturated carbocycles. The number of nitrogens with zero attached hydrogens (tertiary/aromatic N) is 2. The van der Waals surface area contributed by atoms with Crippen molar-refractivity contribution in [3.63, 3.8) is 0 Å². The highest BCUT2D eigenvalue weighted by Crippen LogP contribution is 2.66. The predicted octanol–water partition coefficient (Wildman–Crippen LogP) is -0.237. The van der Waals surface area contributed by atoms with Crippen molar-refractivity contribution in [2.45, 2.75) is 36.3 Å². The van der Waals surface area contributed by atoms with Gasteiger partial charge in [-0.15, -0.1) is 11.6 Å². The Balaban J connectivity index is 2.25. The lowest BCUT2D eigenvalue weighted by molar-refractivity contribution is -0.0754. The first-order chi connectivity index (χ1) is 14.4. The number of hydrogen-bond donors (Lipinski definition) is 6. The van der Waals surface area contributed by atoms with E-state index in [0.29, 0.717) is 4.57 Å². The van der Waals surface area contributed by atoms with Gasteiger partial charge < -0.3 is 35.2 Å². The molecule has 7 atom stereocenters. The minimum absolute atomic E-state index is 0.178. The molecule has 2 heterocycles. The van der Waals surface area contributed by atoms with Crippen molar-refractivity contribution >= 4 is 40.9 Å². The number of aliphatic hydroxyl groups is 1. The van der Waals surface area contributed by atoms with Crippen LogP contribution in [-0.2, 0) is 31.6 Å². The molecule has 1 aromatic heterocycles. The molecule has 184 valence electrons.